The summed E-state index contributed by atoms with van der Waals surface area (Å²) in [5.74, 6) is 2.46. The second kappa shape index (κ2) is 14.3. The lowest BCUT2D eigenvalue weighted by atomic mass is 9.78. The number of halogens is 4. The Labute approximate surface area is 341 Å². The van der Waals surface area contributed by atoms with E-state index >= 15 is 0 Å². The fraction of sp³-hybridized carbons (Fsp3) is 0.143. The van der Waals surface area contributed by atoms with Gasteiger partial charge < -0.3 is 30.4 Å². The second-order valence-electron chi connectivity index (χ2n) is 13.5. The van der Waals surface area contributed by atoms with Crippen molar-refractivity contribution in [2.24, 2.45) is 21.5 Å². The average molecular weight is 928 g/mol. The predicted octanol–water partition coefficient (Wildman–Crippen LogP) is 8.62. The zero-order valence-corrected chi connectivity index (χ0v) is 33.1. The van der Waals surface area contributed by atoms with Crippen molar-refractivity contribution in [3.8, 4) is 45.3 Å². The minimum absolute atomic E-state index is 0.208. The van der Waals surface area contributed by atoms with Gasteiger partial charge in [0.25, 0.3) is 0 Å². The maximum Gasteiger partial charge on any atom is 0.220 e. The summed E-state index contributed by atoms with van der Waals surface area (Å²) in [5.41, 5.74) is 16.3. The first-order valence-electron chi connectivity index (χ1n) is 17.4. The van der Waals surface area contributed by atoms with E-state index in [-0.39, 0.29) is 13.2 Å². The average Bonchev–Trinajstić information content (AvgIpc) is 3.19. The van der Waals surface area contributed by atoms with Gasteiger partial charge in [0.05, 0.1) is 13.2 Å². The molecule has 280 valence electrons. The molecule has 2 aromatic heterocycles. The fourth-order valence-corrected chi connectivity index (χ4v) is 8.40. The standard InChI is InChI=1S/C26H18F2N4O2.C16H12BrIN2O2/c27-23-12-16(7-9-30-23)15-3-5-21-19(10-15)26(14-33-13-24(29)32-26)20-11-17(4-6-22(20)34-21)18-2-1-8-31-25(18)28;17-9-1-3-13-11(5-9)16(8-21-7-15(19)20-16)12-6-10(18)2-4-14(12)22-13/h1-12H,13-14H2,(H2,29,32);1-6H,7-8H2,(H2,19,20)/t26-;16-/m10/s1. The first kappa shape index (κ1) is 36.4. The summed E-state index contributed by atoms with van der Waals surface area (Å²) in [6.07, 6.45) is 2.82. The highest BCUT2D eigenvalue weighted by Gasteiger charge is 2.46. The molecule has 14 heteroatoms. The Morgan fingerprint density at radius 3 is 1.79 bits per heavy atom. The molecule has 0 saturated heterocycles. The third kappa shape index (κ3) is 6.39. The van der Waals surface area contributed by atoms with Crippen molar-refractivity contribution in [2.45, 2.75) is 11.1 Å². The van der Waals surface area contributed by atoms with E-state index in [4.69, 9.17) is 40.4 Å². The third-order valence-electron chi connectivity index (χ3n) is 9.99. The quantitative estimate of drug-likeness (QED) is 0.130. The highest BCUT2D eigenvalue weighted by molar-refractivity contribution is 14.1. The predicted molar refractivity (Wildman–Crippen MR) is 219 cm³/mol. The molecule has 56 heavy (non-hydrogen) atoms. The number of fused-ring (bicyclic) bond motifs is 8. The van der Waals surface area contributed by atoms with Crippen LogP contribution in [-0.4, -0.2) is 48.1 Å². The minimum Gasteiger partial charge on any atom is -0.457 e. The van der Waals surface area contributed by atoms with Crippen LogP contribution in [0.25, 0.3) is 22.3 Å². The lowest BCUT2D eigenvalue weighted by Crippen LogP contribution is -2.42. The molecule has 10 nitrogen and oxygen atoms in total. The van der Waals surface area contributed by atoms with Gasteiger partial charge >= 0.3 is 0 Å². The van der Waals surface area contributed by atoms with Gasteiger partial charge in [0.2, 0.25) is 11.9 Å². The normalized spacial score (nSPS) is 20.1. The van der Waals surface area contributed by atoms with Crippen molar-refractivity contribution < 1.29 is 27.7 Å². The highest BCUT2D eigenvalue weighted by Crippen LogP contribution is 2.53. The maximum absolute atomic E-state index is 14.5. The van der Waals surface area contributed by atoms with Gasteiger partial charge in [-0.3, -0.25) is 9.98 Å². The zero-order chi connectivity index (χ0) is 38.6. The molecular weight excluding hydrogens is 897 g/mol. The molecule has 6 heterocycles. The molecule has 4 aromatic carbocycles. The van der Waals surface area contributed by atoms with Gasteiger partial charge in [0.15, 0.2) is 0 Å². The van der Waals surface area contributed by atoms with Crippen LogP contribution in [-0.2, 0) is 20.6 Å². The summed E-state index contributed by atoms with van der Waals surface area (Å²) in [7, 11) is 0. The molecule has 4 aliphatic rings. The van der Waals surface area contributed by atoms with E-state index in [0.717, 1.165) is 41.8 Å². The Hall–Kier alpha value is -5.29. The van der Waals surface area contributed by atoms with Crippen LogP contribution in [0.15, 0.2) is 124 Å². The van der Waals surface area contributed by atoms with Crippen LogP contribution in [0.4, 0.5) is 8.78 Å². The molecule has 4 N–H and O–H groups in total. The Morgan fingerprint density at radius 1 is 0.607 bits per heavy atom. The lowest BCUT2D eigenvalue weighted by Gasteiger charge is -2.39. The molecule has 0 saturated carbocycles. The van der Waals surface area contributed by atoms with E-state index < -0.39 is 23.0 Å². The molecule has 0 radical (unpaired) electrons. The van der Waals surface area contributed by atoms with Crippen molar-refractivity contribution in [1.29, 1.82) is 0 Å². The summed E-state index contributed by atoms with van der Waals surface area (Å²) in [5, 5.41) is 0. The molecule has 0 unspecified atom stereocenters. The number of aliphatic imine (C=N–C) groups is 2. The van der Waals surface area contributed by atoms with Crippen molar-refractivity contribution in [3.63, 3.8) is 0 Å². The van der Waals surface area contributed by atoms with E-state index in [0.29, 0.717) is 58.6 Å². The van der Waals surface area contributed by atoms with Gasteiger partial charge in [-0.1, -0.05) is 28.1 Å². The van der Waals surface area contributed by atoms with E-state index in [9.17, 15) is 8.78 Å². The van der Waals surface area contributed by atoms with E-state index in [2.05, 4.69) is 54.6 Å². The number of nitrogens with zero attached hydrogens (tertiary/aromatic N) is 4. The van der Waals surface area contributed by atoms with Gasteiger partial charge in [-0.05, 0) is 118 Å². The molecule has 0 fully saturated rings. The number of nitrogens with two attached hydrogens (primary N) is 2. The highest BCUT2D eigenvalue weighted by atomic mass is 127. The lowest BCUT2D eigenvalue weighted by molar-refractivity contribution is 0.109. The molecule has 0 aliphatic carbocycles. The number of rotatable bonds is 2. The Kier molecular flexibility index (Phi) is 9.31. The summed E-state index contributed by atoms with van der Waals surface area (Å²) in [4.78, 5) is 17.1. The van der Waals surface area contributed by atoms with E-state index in [1.54, 1.807) is 30.3 Å². The van der Waals surface area contributed by atoms with Gasteiger partial charge in [0.1, 0.15) is 59.0 Å². The van der Waals surface area contributed by atoms with Crippen molar-refractivity contribution >= 4 is 50.2 Å². The van der Waals surface area contributed by atoms with Crippen LogP contribution in [0.1, 0.15) is 22.3 Å². The number of pyridine rings is 2. The van der Waals surface area contributed by atoms with E-state index in [1.807, 2.05) is 54.6 Å². The molecule has 6 aromatic rings. The third-order valence-corrected chi connectivity index (χ3v) is 11.1. The van der Waals surface area contributed by atoms with Crippen LogP contribution in [0.2, 0.25) is 0 Å². The van der Waals surface area contributed by atoms with Gasteiger partial charge in [0, 0.05) is 54.3 Å². The molecule has 2 atom stereocenters. The number of ether oxygens (including phenoxy) is 4. The first-order chi connectivity index (χ1) is 27.1. The van der Waals surface area contributed by atoms with Crippen LogP contribution in [0.5, 0.6) is 23.0 Å². The monoisotopic (exact) mass is 926 g/mol. The molecule has 10 rings (SSSR count). The number of benzene rings is 4. The summed E-state index contributed by atoms with van der Waals surface area (Å²) in [6.45, 7) is 1.24. The minimum atomic E-state index is -1.01. The fourth-order valence-electron chi connectivity index (χ4n) is 7.55. The number of hydrogen-bond acceptors (Lipinski definition) is 10. The Bertz CT molecular complexity index is 2570. The molecule has 4 aliphatic heterocycles. The van der Waals surface area contributed by atoms with Crippen LogP contribution in [0, 0.1) is 15.5 Å². The number of aromatic nitrogens is 2. The second-order valence-corrected chi connectivity index (χ2v) is 15.7. The van der Waals surface area contributed by atoms with Crippen LogP contribution in [0.3, 0.4) is 0 Å². The SMILES string of the molecule is NC1=N[C@@]2(COC1)c1cc(Br)ccc1Oc1ccc(I)cc12.NC1=N[C@]2(COC1)c1cc(-c3ccnc(F)c3)ccc1Oc1ccc(-c3cccnc3F)cc12. The van der Waals surface area contributed by atoms with Crippen molar-refractivity contribution in [3.05, 3.63) is 152 Å². The summed E-state index contributed by atoms with van der Waals surface area (Å²) < 4.78 is 54.2. The molecular formula is C42H30BrF2IN6O4. The molecule has 2 spiro atoms. The Balaban J connectivity index is 0.000000161. The van der Waals surface area contributed by atoms with Crippen LogP contribution >= 0.6 is 38.5 Å². The molecule has 0 amide bonds. The summed E-state index contributed by atoms with van der Waals surface area (Å²) >= 11 is 5.82. The van der Waals surface area contributed by atoms with Crippen molar-refractivity contribution in [1.82, 2.24) is 9.97 Å². The Morgan fingerprint density at radius 2 is 1.16 bits per heavy atom. The summed E-state index contributed by atoms with van der Waals surface area (Å²) in [6, 6.07) is 29.4. The van der Waals surface area contributed by atoms with E-state index in [1.165, 1.54) is 18.5 Å². The number of hydrogen-bond donors (Lipinski definition) is 2. The smallest absolute Gasteiger partial charge is 0.220 e. The first-order valence-corrected chi connectivity index (χ1v) is 19.3. The molecule has 0 bridgehead atoms. The number of amidine groups is 2. The van der Waals surface area contributed by atoms with Gasteiger partial charge in [-0.15, -0.1) is 0 Å². The van der Waals surface area contributed by atoms with Crippen molar-refractivity contribution in [2.75, 3.05) is 26.4 Å². The zero-order valence-electron chi connectivity index (χ0n) is 29.3. The largest absolute Gasteiger partial charge is 0.457 e. The van der Waals surface area contributed by atoms with Gasteiger partial charge in [-0.25, -0.2) is 9.97 Å². The topological polar surface area (TPSA) is 139 Å². The van der Waals surface area contributed by atoms with Crippen LogP contribution < -0.4 is 20.9 Å². The maximum atomic E-state index is 14.5. The van der Waals surface area contributed by atoms with Gasteiger partial charge in [-0.2, -0.15) is 8.78 Å².